The second kappa shape index (κ2) is 15.0. The lowest BCUT2D eigenvalue weighted by Crippen LogP contribution is -2.52. The predicted octanol–water partition coefficient (Wildman–Crippen LogP) is 13.1. The summed E-state index contributed by atoms with van der Waals surface area (Å²) >= 11 is 0. The first-order chi connectivity index (χ1) is 30.5. The van der Waals surface area contributed by atoms with Gasteiger partial charge in [-0.05, 0) is 91.8 Å². The van der Waals surface area contributed by atoms with Gasteiger partial charge in [0.1, 0.15) is 11.5 Å². The van der Waals surface area contributed by atoms with Crippen molar-refractivity contribution in [1.29, 1.82) is 0 Å². The average Bonchev–Trinajstić information content (AvgIpc) is 3.29. The Morgan fingerprint density at radius 3 is 1.62 bits per heavy atom. The van der Waals surface area contributed by atoms with E-state index in [1.165, 1.54) is 70.0 Å². The van der Waals surface area contributed by atoms with E-state index in [-0.39, 0.29) is 6.71 Å². The molecule has 5 heteroatoms. The molecule has 63 heavy (non-hydrogen) atoms. The second-order valence-corrected chi connectivity index (χ2v) is 29.5. The van der Waals surface area contributed by atoms with Crippen LogP contribution in [0.25, 0.3) is 54.2 Å². The van der Waals surface area contributed by atoms with Gasteiger partial charge < -0.3 is 9.64 Å². The van der Waals surface area contributed by atoms with Gasteiger partial charge in [0, 0.05) is 34.1 Å². The highest BCUT2D eigenvalue weighted by atomic mass is 28.3. The molecule has 304 valence electrons. The number of fused-ring (bicyclic) bond motifs is 7. The largest absolute Gasteiger partial charge is 0.456 e. The molecule has 0 aromatic heterocycles. The number of anilines is 3. The Hall–Kier alpha value is -6.66. The third kappa shape index (κ3) is 6.78. The summed E-state index contributed by atoms with van der Waals surface area (Å²) in [5.74, 6) is 1.76. The van der Waals surface area contributed by atoms with Crippen molar-refractivity contribution in [1.82, 2.24) is 0 Å². The molecule has 10 aromatic rings. The van der Waals surface area contributed by atoms with E-state index in [1.54, 1.807) is 0 Å². The SMILES string of the molecule is C[Si](C)(C)c1ccc(N(c2ccc([Si](C)(C)C)cc2)c2ccc3c(c2)Oc2cccc4c2c-3cc2c3ccccc3c(B(c3ccccc3)c3cccc5ccccc35)cc42)cc1. The van der Waals surface area contributed by atoms with Gasteiger partial charge in [-0.3, -0.25) is 0 Å². The lowest BCUT2D eigenvalue weighted by molar-refractivity contribution is 0.487. The first kappa shape index (κ1) is 39.2. The second-order valence-electron chi connectivity index (χ2n) is 19.3. The van der Waals surface area contributed by atoms with Crippen LogP contribution in [0.4, 0.5) is 17.1 Å². The van der Waals surface area contributed by atoms with Crippen LogP contribution in [0.2, 0.25) is 39.3 Å². The first-order valence-electron chi connectivity index (χ1n) is 22.3. The molecule has 10 aromatic carbocycles. The number of nitrogens with zero attached hydrogens (tertiary/aromatic N) is 1. The zero-order chi connectivity index (χ0) is 43.0. The molecule has 11 rings (SSSR count). The topological polar surface area (TPSA) is 12.5 Å². The highest BCUT2D eigenvalue weighted by Gasteiger charge is 2.29. The first-order valence-corrected chi connectivity index (χ1v) is 29.3. The molecule has 0 saturated carbocycles. The van der Waals surface area contributed by atoms with Crippen LogP contribution in [0.3, 0.4) is 0 Å². The Morgan fingerprint density at radius 1 is 0.381 bits per heavy atom. The highest BCUT2D eigenvalue weighted by Crippen LogP contribution is 2.51. The van der Waals surface area contributed by atoms with Gasteiger partial charge in [-0.15, -0.1) is 0 Å². The van der Waals surface area contributed by atoms with Crippen molar-refractivity contribution in [2.45, 2.75) is 39.3 Å². The van der Waals surface area contributed by atoms with Crippen molar-refractivity contribution in [2.75, 3.05) is 4.90 Å². The summed E-state index contributed by atoms with van der Waals surface area (Å²) in [6.45, 7) is 14.5. The maximum Gasteiger partial charge on any atom is 0.242 e. The number of hydrogen-bond donors (Lipinski definition) is 0. The fourth-order valence-electron chi connectivity index (χ4n) is 10.0. The monoisotopic (exact) mass is 843 g/mol. The van der Waals surface area contributed by atoms with E-state index in [4.69, 9.17) is 4.74 Å². The van der Waals surface area contributed by atoms with Crippen molar-refractivity contribution in [3.63, 3.8) is 0 Å². The molecule has 0 N–H and O–H groups in total. The Labute approximate surface area is 373 Å². The highest BCUT2D eigenvalue weighted by molar-refractivity contribution is 6.98. The summed E-state index contributed by atoms with van der Waals surface area (Å²) in [6, 6.07) is 72.5. The van der Waals surface area contributed by atoms with Crippen LogP contribution in [-0.4, -0.2) is 22.9 Å². The van der Waals surface area contributed by atoms with E-state index in [0.29, 0.717) is 0 Å². The predicted molar refractivity (Wildman–Crippen MR) is 280 cm³/mol. The van der Waals surface area contributed by atoms with Crippen molar-refractivity contribution in [2.24, 2.45) is 0 Å². The number of benzene rings is 10. The fourth-order valence-corrected chi connectivity index (χ4v) is 12.3. The number of ether oxygens (including phenoxy) is 1. The van der Waals surface area contributed by atoms with Crippen molar-refractivity contribution >= 4 is 110 Å². The minimum absolute atomic E-state index is 0.0224. The smallest absolute Gasteiger partial charge is 0.242 e. The lowest BCUT2D eigenvalue weighted by atomic mass is 9.35. The Balaban J connectivity index is 1.10. The standard InChI is InChI=1S/C58H50BNOSi2/c1-62(2,3)44-31-26-41(27-32-44)60(42-28-33-45(34-29-42)63(4,5)6)43-30-35-49-53-37-51-47-21-12-13-22-48(47)55(38-52(51)50-23-15-25-56(58(50)53)61-57(49)36-43)59(40-18-8-7-9-19-40)54-24-14-17-39-16-10-11-20-46(39)54/h7-38H,1-6H3. The van der Waals surface area contributed by atoms with E-state index in [1.807, 2.05) is 0 Å². The molecule has 0 amide bonds. The molecule has 0 aliphatic carbocycles. The van der Waals surface area contributed by atoms with Gasteiger partial charge in [0.25, 0.3) is 0 Å². The molecule has 0 atom stereocenters. The van der Waals surface area contributed by atoms with Crippen LogP contribution in [0, 0.1) is 0 Å². The van der Waals surface area contributed by atoms with E-state index in [9.17, 15) is 0 Å². The Morgan fingerprint density at radius 2 is 0.937 bits per heavy atom. The molecule has 2 nitrogen and oxygen atoms in total. The van der Waals surface area contributed by atoms with Crippen molar-refractivity contribution in [3.8, 4) is 22.6 Å². The number of rotatable bonds is 8. The minimum Gasteiger partial charge on any atom is -0.456 e. The third-order valence-corrected chi connectivity index (χ3v) is 17.4. The molecule has 1 aliphatic heterocycles. The van der Waals surface area contributed by atoms with Crippen LogP contribution in [-0.2, 0) is 0 Å². The van der Waals surface area contributed by atoms with Crippen LogP contribution < -0.4 is 36.4 Å². The third-order valence-electron chi connectivity index (χ3n) is 13.3. The minimum atomic E-state index is -1.48. The van der Waals surface area contributed by atoms with Crippen molar-refractivity contribution < 1.29 is 4.74 Å². The molecule has 0 saturated heterocycles. The quantitative estimate of drug-likeness (QED) is 0.112. The molecular weight excluding hydrogens is 794 g/mol. The number of hydrogen-bond acceptors (Lipinski definition) is 2. The van der Waals surface area contributed by atoms with Crippen LogP contribution in [0.5, 0.6) is 11.5 Å². The van der Waals surface area contributed by atoms with Gasteiger partial charge in [0.05, 0.1) is 16.1 Å². The van der Waals surface area contributed by atoms with Crippen molar-refractivity contribution in [3.05, 3.63) is 194 Å². The zero-order valence-corrected chi connectivity index (χ0v) is 38.9. The van der Waals surface area contributed by atoms with Gasteiger partial charge in [0.2, 0.25) is 6.71 Å². The van der Waals surface area contributed by atoms with Crippen LogP contribution in [0.1, 0.15) is 0 Å². The van der Waals surface area contributed by atoms with E-state index in [2.05, 4.69) is 238 Å². The van der Waals surface area contributed by atoms with Gasteiger partial charge in [-0.2, -0.15) is 0 Å². The molecule has 1 aliphatic rings. The van der Waals surface area contributed by atoms with Crippen LogP contribution in [0.15, 0.2) is 194 Å². The van der Waals surface area contributed by atoms with Gasteiger partial charge >= 0.3 is 0 Å². The van der Waals surface area contributed by atoms with E-state index < -0.39 is 16.1 Å². The lowest BCUT2D eigenvalue weighted by Gasteiger charge is -2.29. The molecule has 0 bridgehead atoms. The molecule has 0 fully saturated rings. The maximum atomic E-state index is 7.03. The van der Waals surface area contributed by atoms with Crippen LogP contribution >= 0.6 is 0 Å². The molecule has 0 radical (unpaired) electrons. The summed E-state index contributed by atoms with van der Waals surface area (Å²) in [6.07, 6.45) is 0. The summed E-state index contributed by atoms with van der Waals surface area (Å²) < 4.78 is 7.03. The average molecular weight is 844 g/mol. The van der Waals surface area contributed by atoms with Gasteiger partial charge in [-0.25, -0.2) is 0 Å². The fraction of sp³-hybridized carbons (Fsp3) is 0.103. The summed E-state index contributed by atoms with van der Waals surface area (Å²) in [4.78, 5) is 2.39. The van der Waals surface area contributed by atoms with E-state index >= 15 is 0 Å². The molecular formula is C58H50BNOSi2. The Bertz CT molecular complexity index is 3320. The normalized spacial score (nSPS) is 12.4. The molecule has 0 unspecified atom stereocenters. The van der Waals surface area contributed by atoms with Gasteiger partial charge in [0.15, 0.2) is 0 Å². The zero-order valence-electron chi connectivity index (χ0n) is 36.9. The Kier molecular flexibility index (Phi) is 9.34. The molecule has 0 spiro atoms. The molecule has 1 heterocycles. The maximum absolute atomic E-state index is 7.03. The summed E-state index contributed by atoms with van der Waals surface area (Å²) in [7, 11) is -2.95. The summed E-state index contributed by atoms with van der Waals surface area (Å²) in [5, 5.41) is 12.8. The van der Waals surface area contributed by atoms with E-state index in [0.717, 1.165) is 39.5 Å². The summed E-state index contributed by atoms with van der Waals surface area (Å²) in [5.41, 5.74) is 9.57. The van der Waals surface area contributed by atoms with Gasteiger partial charge in [-0.1, -0.05) is 206 Å².